The third-order valence-electron chi connectivity index (χ3n) is 10.9. The number of carbonyl (C=O) groups excluding carboxylic acids is 4. The lowest BCUT2D eigenvalue weighted by Gasteiger charge is -2.05. The summed E-state index contributed by atoms with van der Waals surface area (Å²) in [5, 5.41) is 29.3. The van der Waals surface area contributed by atoms with Crippen LogP contribution >= 0.6 is 0 Å². The number of anilines is 1. The molecule has 0 amide bonds. The van der Waals surface area contributed by atoms with Gasteiger partial charge in [-0.15, -0.1) is 0 Å². The maximum absolute atomic E-state index is 13.8. The second kappa shape index (κ2) is 31.3. The van der Waals surface area contributed by atoms with Crippen LogP contribution in [-0.4, -0.2) is 88.7 Å². The normalized spacial score (nSPS) is 10.3. The number of nitrogens with zero attached hydrogens (tertiary/aromatic N) is 9. The van der Waals surface area contributed by atoms with Crippen molar-refractivity contribution < 1.29 is 51.0 Å². The summed E-state index contributed by atoms with van der Waals surface area (Å²) in [6, 6.07) is 35.8. The molecule has 0 spiro atoms. The average Bonchev–Trinajstić information content (AvgIpc) is 4.16. The fourth-order valence-corrected chi connectivity index (χ4v) is 7.12. The van der Waals surface area contributed by atoms with E-state index in [1.165, 1.54) is 39.7 Å². The van der Waals surface area contributed by atoms with Gasteiger partial charge >= 0.3 is 17.9 Å². The minimum Gasteiger partial charge on any atom is -0.461 e. The van der Waals surface area contributed by atoms with Gasteiger partial charge in [0.25, 0.3) is 5.78 Å². The van der Waals surface area contributed by atoms with Crippen LogP contribution < -0.4 is 22.7 Å². The van der Waals surface area contributed by atoms with E-state index >= 15 is 0 Å². The fourth-order valence-electron chi connectivity index (χ4n) is 7.12. The van der Waals surface area contributed by atoms with Gasteiger partial charge in [0.1, 0.15) is 47.0 Å². The van der Waals surface area contributed by atoms with E-state index in [9.17, 15) is 36.7 Å². The number of hydrogen-bond donors (Lipinski definition) is 5. The number of fused-ring (bicyclic) bond motifs is 2. The minimum atomic E-state index is -0.927. The van der Waals surface area contributed by atoms with Gasteiger partial charge in [0, 0.05) is 47.3 Å². The minimum absolute atomic E-state index is 0.121. The van der Waals surface area contributed by atoms with Crippen LogP contribution in [0.15, 0.2) is 140 Å². The topological polar surface area (TPSA) is 313 Å². The molecule has 0 aliphatic heterocycles. The van der Waals surface area contributed by atoms with Gasteiger partial charge in [-0.1, -0.05) is 72.8 Å². The average molecular weight is 1110 g/mol. The zero-order valence-electron chi connectivity index (χ0n) is 44.1. The smallest absolute Gasteiger partial charge is 0.375 e. The third kappa shape index (κ3) is 17.7. The highest BCUT2D eigenvalue weighted by molar-refractivity contribution is 6.34. The second-order valence-electron chi connectivity index (χ2n) is 16.5. The molecule has 0 fully saturated rings. The first-order chi connectivity index (χ1) is 39.0. The number of rotatable bonds is 16. The Kier molecular flexibility index (Phi) is 23.8. The highest BCUT2D eigenvalue weighted by Gasteiger charge is 2.20. The molecule has 5 heterocycles. The number of benzene rings is 4. The third-order valence-corrected chi connectivity index (χ3v) is 10.9. The number of nitrogens with one attached hydrogen (secondary N) is 2. The van der Waals surface area contributed by atoms with Gasteiger partial charge in [-0.2, -0.15) is 20.6 Å². The number of nitrogens with two attached hydrogens (primary N) is 3. The van der Waals surface area contributed by atoms with Crippen molar-refractivity contribution >= 4 is 57.4 Å². The van der Waals surface area contributed by atoms with Crippen molar-refractivity contribution in [2.45, 2.75) is 53.4 Å². The summed E-state index contributed by atoms with van der Waals surface area (Å²) in [5.41, 5.74) is 17.5. The first-order valence-electron chi connectivity index (χ1n) is 24.6. The molecule has 5 aromatic heterocycles. The van der Waals surface area contributed by atoms with Crippen molar-refractivity contribution in [3.05, 3.63) is 202 Å². The predicted molar refractivity (Wildman–Crippen MR) is 290 cm³/mol. The van der Waals surface area contributed by atoms with Crippen molar-refractivity contribution in [2.24, 2.45) is 11.6 Å². The Morgan fingerprint density at radius 1 is 0.593 bits per heavy atom. The Balaban J connectivity index is 0.000000192. The van der Waals surface area contributed by atoms with E-state index in [0.29, 0.717) is 56.6 Å². The summed E-state index contributed by atoms with van der Waals surface area (Å²) < 4.78 is 72.3. The van der Waals surface area contributed by atoms with E-state index in [4.69, 9.17) is 37.5 Å². The molecule has 0 radical (unpaired) electrons. The lowest BCUT2D eigenvalue weighted by atomic mass is 10.2. The number of amidine groups is 1. The van der Waals surface area contributed by atoms with Gasteiger partial charge in [0.15, 0.2) is 22.7 Å². The van der Waals surface area contributed by atoms with Gasteiger partial charge in [0.05, 0.1) is 56.3 Å². The number of Topliss-reactive ketones (excluding diaryl/α,β-unsaturated/α-hetero) is 1. The van der Waals surface area contributed by atoms with Crippen molar-refractivity contribution in [3.63, 3.8) is 0 Å². The summed E-state index contributed by atoms with van der Waals surface area (Å²) in [6.45, 7) is 6.69. The largest absolute Gasteiger partial charge is 0.461 e. The van der Waals surface area contributed by atoms with Gasteiger partial charge in [0.2, 0.25) is 0 Å². The lowest BCUT2D eigenvalue weighted by Crippen LogP contribution is -2.21. The lowest BCUT2D eigenvalue weighted by molar-refractivity contribution is -0.153. The maximum Gasteiger partial charge on any atom is 0.375 e. The van der Waals surface area contributed by atoms with E-state index < -0.39 is 30.1 Å². The summed E-state index contributed by atoms with van der Waals surface area (Å²) in [5.74, 6) is 1.23. The number of esters is 3. The van der Waals surface area contributed by atoms with Crippen molar-refractivity contribution in [2.75, 3.05) is 25.6 Å². The van der Waals surface area contributed by atoms with Gasteiger partial charge < -0.3 is 25.7 Å². The number of carbonyl (C=O) groups is 4. The fraction of sp³-hybridized carbons (Fsp3) is 0.196. The van der Waals surface area contributed by atoms with Crippen LogP contribution in [0.2, 0.25) is 0 Å². The Bertz CT molecular complexity index is 3640. The van der Waals surface area contributed by atoms with E-state index in [0.717, 1.165) is 0 Å². The molecule has 8 N–H and O–H groups in total. The number of hydrogen-bond acceptors (Lipinski definition) is 17. The molecular formula is C56H56F4N14O7. The molecule has 25 heteroatoms. The van der Waals surface area contributed by atoms with Crippen LogP contribution in [0, 0.1) is 40.0 Å². The molecular weight excluding hydrogens is 1060 g/mol. The first kappa shape index (κ1) is 61.7. The number of ketones is 1. The van der Waals surface area contributed by atoms with Crippen molar-refractivity contribution in [1.29, 1.82) is 10.7 Å². The van der Waals surface area contributed by atoms with Crippen LogP contribution in [0.4, 0.5) is 23.4 Å². The number of aromatic nitrogens is 8. The number of nitrogen functional groups attached to an aromatic ring is 2. The molecule has 81 heavy (non-hydrogen) atoms. The molecule has 0 saturated heterocycles. The molecule has 21 nitrogen and oxygen atoms in total. The van der Waals surface area contributed by atoms with Crippen LogP contribution in [-0.2, 0) is 50.0 Å². The van der Waals surface area contributed by atoms with Gasteiger partial charge in [-0.25, -0.2) is 56.0 Å². The summed E-state index contributed by atoms with van der Waals surface area (Å²) in [6.07, 6.45) is 2.83. The highest BCUT2D eigenvalue weighted by atomic mass is 19.1. The van der Waals surface area contributed by atoms with E-state index in [1.807, 2.05) is 0 Å². The van der Waals surface area contributed by atoms with E-state index in [-0.39, 0.29) is 85.8 Å². The summed E-state index contributed by atoms with van der Waals surface area (Å²) in [4.78, 5) is 52.8. The van der Waals surface area contributed by atoms with Gasteiger partial charge in [-0.05, 0) is 69.3 Å². The molecule has 4 aromatic carbocycles. The number of hydrazine groups is 1. The predicted octanol–water partition coefficient (Wildman–Crippen LogP) is 7.35. The molecule has 9 rings (SSSR count). The Morgan fingerprint density at radius 2 is 1.01 bits per heavy atom. The van der Waals surface area contributed by atoms with E-state index in [1.54, 1.807) is 141 Å². The van der Waals surface area contributed by atoms with Crippen LogP contribution in [0.1, 0.15) is 76.1 Å². The number of halogens is 4. The van der Waals surface area contributed by atoms with Crippen LogP contribution in [0.25, 0.3) is 22.1 Å². The molecule has 0 unspecified atom stereocenters. The molecule has 420 valence electrons. The molecule has 9 aromatic rings. The first-order valence-corrected chi connectivity index (χ1v) is 24.6. The zero-order chi connectivity index (χ0) is 58.8. The molecule has 0 saturated carbocycles. The van der Waals surface area contributed by atoms with E-state index in [2.05, 4.69) is 35.4 Å². The Labute approximate surface area is 461 Å². The van der Waals surface area contributed by atoms with Crippen LogP contribution in [0.3, 0.4) is 0 Å². The SMILES string of the molecule is CCOC(=O)C(=O)CC#N.CCOC(=O)c1cc(N)n(Cc2ccccc2F)n1.CCOC(=O)c1nn(Cc2ccccc2F)c2ncccc12.N=C(N)c1nn(Cc2ccccc2F)c2ncccc12.NNCc1ccccc1F. The number of pyridine rings is 2. The zero-order valence-corrected chi connectivity index (χ0v) is 44.1. The molecule has 0 atom stereocenters. The van der Waals surface area contributed by atoms with Crippen molar-refractivity contribution in [3.8, 4) is 6.07 Å². The molecule has 0 aliphatic rings. The highest BCUT2D eigenvalue weighted by Crippen LogP contribution is 2.21. The Morgan fingerprint density at radius 3 is 1.44 bits per heavy atom. The number of nitriles is 1. The van der Waals surface area contributed by atoms with Gasteiger partial charge in [-0.3, -0.25) is 21.5 Å². The standard InChI is InChI=1S/C16H14FN3O2.C14H12FN5.C13H14FN3O2.C7H9FN2.C6H7NO3/c1-2-22-16(21)14-12-7-5-9-18-15(12)20(19-14)10-11-6-3-4-8-13(11)17;15-11-6-2-1-4-9(11)8-20-14-10(5-3-7-18-14)12(19-20)13(16)17;1-2-19-13(18)11-7-12(15)17(16-11)8-9-5-3-4-6-10(9)14;8-7-4-2-1-3-6(7)5-10-9;1-2-10-6(9)5(8)3-4-7/h3-9H,2,10H2,1H3;1-7H,8H2,(H3,16,17);3-7H,2,8,15H2,1H3;1-4,10H,5,9H2;2-3H2,1H3. The molecule has 0 aliphatic carbocycles. The van der Waals surface area contributed by atoms with Crippen molar-refractivity contribution in [1.82, 2.24) is 44.7 Å². The molecule has 0 bridgehead atoms. The quantitative estimate of drug-likeness (QED) is 0.00923. The summed E-state index contributed by atoms with van der Waals surface area (Å²) >= 11 is 0. The Hall–Kier alpha value is -10.2. The number of ether oxygens (including phenoxy) is 3. The second-order valence-corrected chi connectivity index (χ2v) is 16.5. The maximum atomic E-state index is 13.8. The summed E-state index contributed by atoms with van der Waals surface area (Å²) in [7, 11) is 0. The monoisotopic (exact) mass is 1110 g/mol. The van der Waals surface area contributed by atoms with Crippen LogP contribution in [0.5, 0.6) is 0 Å².